The zero-order valence-electron chi connectivity index (χ0n) is 10.2. The highest BCUT2D eigenvalue weighted by molar-refractivity contribution is 9.09. The maximum absolute atomic E-state index is 5.72. The molecule has 0 aromatic heterocycles. The Morgan fingerprint density at radius 1 is 1.31 bits per heavy atom. The molecule has 0 aromatic carbocycles. The third-order valence-corrected chi connectivity index (χ3v) is 7.85. The van der Waals surface area contributed by atoms with Gasteiger partial charge in [0.1, 0.15) is 0 Å². The number of unbranched alkanes of at least 4 members (excludes halogenated alkanes) is 1. The summed E-state index contributed by atoms with van der Waals surface area (Å²) < 4.78 is 5.72. The normalized spacial score (nSPS) is 64.3. The third kappa shape index (κ3) is 0.849. The number of rotatable bonds is 4. The van der Waals surface area contributed by atoms with E-state index >= 15 is 0 Å². The second-order valence-corrected chi connectivity index (χ2v) is 7.48. The van der Waals surface area contributed by atoms with Crippen molar-refractivity contribution in [3.8, 4) is 0 Å². The van der Waals surface area contributed by atoms with E-state index in [-0.39, 0.29) is 0 Å². The maximum Gasteiger partial charge on any atom is 0.0608 e. The van der Waals surface area contributed by atoms with Crippen LogP contribution in [0.15, 0.2) is 0 Å². The Labute approximate surface area is 106 Å². The van der Waals surface area contributed by atoms with Crippen LogP contribution in [0.4, 0.5) is 0 Å². The molecule has 90 valence electrons. The molecule has 5 saturated carbocycles. The molecule has 0 unspecified atom stereocenters. The highest BCUT2D eigenvalue weighted by atomic mass is 79.9. The highest BCUT2D eigenvalue weighted by Gasteiger charge is 2.88. The van der Waals surface area contributed by atoms with E-state index in [2.05, 4.69) is 22.9 Å². The first-order valence-corrected chi connectivity index (χ1v) is 7.85. The van der Waals surface area contributed by atoms with Gasteiger partial charge in [-0.3, -0.25) is 0 Å². The zero-order chi connectivity index (χ0) is 11.1. The average Bonchev–Trinajstić information content (AvgIpc) is 2.58. The van der Waals surface area contributed by atoms with Crippen LogP contribution in [-0.2, 0) is 4.74 Å². The second kappa shape index (κ2) is 3.06. The summed E-state index contributed by atoms with van der Waals surface area (Å²) >= 11 is 4.06. The molecule has 8 atom stereocenters. The van der Waals surface area contributed by atoms with Gasteiger partial charge in [-0.1, -0.05) is 35.7 Å². The first-order chi connectivity index (χ1) is 7.77. The van der Waals surface area contributed by atoms with Crippen molar-refractivity contribution >= 4 is 15.9 Å². The zero-order valence-corrected chi connectivity index (χ0v) is 11.7. The van der Waals surface area contributed by atoms with Gasteiger partial charge in [-0.25, -0.2) is 0 Å². The lowest BCUT2D eigenvalue weighted by Crippen LogP contribution is -2.22. The predicted octanol–water partition coefficient (Wildman–Crippen LogP) is 3.47. The smallest absolute Gasteiger partial charge is 0.0608 e. The topological polar surface area (TPSA) is 9.23 Å². The van der Waals surface area contributed by atoms with E-state index in [1.54, 1.807) is 0 Å². The molecule has 5 aliphatic carbocycles. The highest BCUT2D eigenvalue weighted by Crippen LogP contribution is 2.89. The van der Waals surface area contributed by atoms with Crippen LogP contribution in [-0.4, -0.2) is 18.0 Å². The van der Waals surface area contributed by atoms with Crippen LogP contribution in [0, 0.1) is 35.0 Å². The number of ether oxygens (including phenoxy) is 1. The van der Waals surface area contributed by atoms with Crippen molar-refractivity contribution in [3.63, 3.8) is 0 Å². The lowest BCUT2D eigenvalue weighted by Gasteiger charge is -2.19. The van der Waals surface area contributed by atoms with Crippen LogP contribution in [0.5, 0.6) is 0 Å². The molecular formula is C14H21BrO. The van der Waals surface area contributed by atoms with E-state index in [1.165, 1.54) is 25.7 Å². The summed E-state index contributed by atoms with van der Waals surface area (Å²) in [7, 11) is 1.92. The van der Waals surface area contributed by atoms with Crippen molar-refractivity contribution in [1.29, 1.82) is 0 Å². The van der Waals surface area contributed by atoms with Gasteiger partial charge in [0.05, 0.1) is 6.10 Å². The summed E-state index contributed by atoms with van der Waals surface area (Å²) in [5.74, 6) is 5.03. The molecular weight excluding hydrogens is 264 g/mol. The molecule has 5 fully saturated rings. The Morgan fingerprint density at radius 3 is 2.75 bits per heavy atom. The van der Waals surface area contributed by atoms with Crippen molar-refractivity contribution in [2.75, 3.05) is 7.11 Å². The minimum atomic E-state index is 0.599. The van der Waals surface area contributed by atoms with Gasteiger partial charge in [0, 0.05) is 11.9 Å². The quantitative estimate of drug-likeness (QED) is 0.719. The van der Waals surface area contributed by atoms with Crippen molar-refractivity contribution < 1.29 is 4.74 Å². The monoisotopic (exact) mass is 284 g/mol. The van der Waals surface area contributed by atoms with Crippen LogP contribution >= 0.6 is 15.9 Å². The Hall–Kier alpha value is 0.440. The number of hydrogen-bond acceptors (Lipinski definition) is 1. The van der Waals surface area contributed by atoms with E-state index < -0.39 is 0 Å². The van der Waals surface area contributed by atoms with E-state index in [1.807, 2.05) is 7.11 Å². The number of alkyl halides is 1. The Morgan fingerprint density at radius 2 is 2.12 bits per heavy atom. The van der Waals surface area contributed by atoms with Crippen molar-refractivity contribution in [2.24, 2.45) is 35.0 Å². The van der Waals surface area contributed by atoms with Crippen LogP contribution in [0.3, 0.4) is 0 Å². The van der Waals surface area contributed by atoms with Gasteiger partial charge in [-0.15, -0.1) is 0 Å². The van der Waals surface area contributed by atoms with E-state index in [0.717, 1.165) is 39.8 Å². The van der Waals surface area contributed by atoms with E-state index in [9.17, 15) is 0 Å². The molecule has 2 heteroatoms. The summed E-state index contributed by atoms with van der Waals surface area (Å²) in [6.07, 6.45) is 6.23. The van der Waals surface area contributed by atoms with Gasteiger partial charge in [0.25, 0.3) is 0 Å². The standard InChI is InChI=1S/C14H21BrO/c1-3-4-5-14-11-7-6-8(16-2)10(12(11)14)9(7)13(14)15/h7-13H,3-6H2,1-2H3/t7-,8-,9-,10+,11+,12-,13+,14+/m0/s1. The predicted molar refractivity (Wildman–Crippen MR) is 67.5 cm³/mol. The van der Waals surface area contributed by atoms with Gasteiger partial charge in [0.2, 0.25) is 0 Å². The van der Waals surface area contributed by atoms with Gasteiger partial charge in [-0.2, -0.15) is 0 Å². The Balaban J connectivity index is 1.64. The van der Waals surface area contributed by atoms with E-state index in [0.29, 0.717) is 6.10 Å². The molecule has 0 heterocycles. The molecule has 0 spiro atoms. The summed E-state index contributed by atoms with van der Waals surface area (Å²) in [6, 6.07) is 0. The minimum Gasteiger partial charge on any atom is -0.381 e. The molecule has 16 heavy (non-hydrogen) atoms. The molecule has 5 rings (SSSR count). The molecule has 0 aliphatic heterocycles. The molecule has 0 N–H and O–H groups in total. The van der Waals surface area contributed by atoms with Gasteiger partial charge in [-0.05, 0) is 47.8 Å². The fraction of sp³-hybridized carbons (Fsp3) is 1.00. The van der Waals surface area contributed by atoms with Crippen LogP contribution in [0.1, 0.15) is 32.6 Å². The fourth-order valence-corrected chi connectivity index (χ4v) is 7.69. The Kier molecular flexibility index (Phi) is 1.98. The molecule has 6 bridgehead atoms. The average molecular weight is 285 g/mol. The molecule has 0 amide bonds. The summed E-state index contributed by atoms with van der Waals surface area (Å²) in [6.45, 7) is 2.32. The number of halogens is 1. The fourth-order valence-electron chi connectivity index (χ4n) is 6.10. The van der Waals surface area contributed by atoms with Crippen LogP contribution in [0.2, 0.25) is 0 Å². The van der Waals surface area contributed by atoms with Gasteiger partial charge < -0.3 is 4.74 Å². The molecule has 0 aromatic rings. The van der Waals surface area contributed by atoms with Crippen LogP contribution < -0.4 is 0 Å². The first kappa shape index (κ1) is 10.4. The summed E-state index contributed by atoms with van der Waals surface area (Å²) in [5.41, 5.74) is 0.725. The Bertz CT molecular complexity index is 327. The molecule has 0 saturated heterocycles. The summed E-state index contributed by atoms with van der Waals surface area (Å²) in [4.78, 5) is 0.830. The van der Waals surface area contributed by atoms with Crippen molar-refractivity contribution in [3.05, 3.63) is 0 Å². The van der Waals surface area contributed by atoms with Crippen molar-refractivity contribution in [1.82, 2.24) is 0 Å². The SMILES string of the molecule is CCCC[C@]12[C@@H]3[C@H]4C[C@H](OC)[C@H]([C@H]4[C@H]1Br)[C@@H]32. The number of hydrogen-bond donors (Lipinski definition) is 0. The molecule has 5 aliphatic rings. The minimum absolute atomic E-state index is 0.599. The van der Waals surface area contributed by atoms with Gasteiger partial charge in [0.15, 0.2) is 0 Å². The molecule has 0 radical (unpaired) electrons. The number of methoxy groups -OCH3 is 1. The lowest BCUT2D eigenvalue weighted by molar-refractivity contribution is 0.0498. The lowest BCUT2D eigenvalue weighted by atomic mass is 9.96. The second-order valence-electron chi connectivity index (χ2n) is 6.50. The van der Waals surface area contributed by atoms with Crippen LogP contribution in [0.25, 0.3) is 0 Å². The van der Waals surface area contributed by atoms with Gasteiger partial charge >= 0.3 is 0 Å². The largest absolute Gasteiger partial charge is 0.381 e. The maximum atomic E-state index is 5.72. The van der Waals surface area contributed by atoms with E-state index in [4.69, 9.17) is 4.74 Å². The molecule has 1 nitrogen and oxygen atoms in total. The summed E-state index contributed by atoms with van der Waals surface area (Å²) in [5, 5.41) is 0. The first-order valence-electron chi connectivity index (χ1n) is 6.94. The third-order valence-electron chi connectivity index (χ3n) is 6.38. The van der Waals surface area contributed by atoms with Crippen molar-refractivity contribution in [2.45, 2.75) is 43.5 Å².